The van der Waals surface area contributed by atoms with Gasteiger partial charge in [-0.05, 0) is 145 Å². The van der Waals surface area contributed by atoms with Crippen LogP contribution in [-0.4, -0.2) is 0 Å². The standard InChI is InChI=1S/C67H51NOS/c1-66(2,3)49-28-18-42(19-29-49)46-24-34-53-57-39-48(26-36-59(57)67(4,5)60(53)40-46)52-12-6-9-15-61(52)68(50-30-20-43(21-31-50)45-27-37-63-58(38-45)54-13-7-10-16-62(54)69-63)51-32-22-44(23-33-51)47-25-35-56-55-14-8-11-17-64(55)70-65(56)41-47/h6-41H,1-5H3. The average molecular weight is 918 g/mol. The van der Waals surface area contributed by atoms with Crippen molar-refractivity contribution in [1.29, 1.82) is 0 Å². The zero-order chi connectivity index (χ0) is 47.3. The number of thiophene rings is 1. The minimum Gasteiger partial charge on any atom is -0.456 e. The van der Waals surface area contributed by atoms with Gasteiger partial charge in [-0.1, -0.05) is 180 Å². The summed E-state index contributed by atoms with van der Waals surface area (Å²) in [4.78, 5) is 2.42. The van der Waals surface area contributed by atoms with E-state index in [4.69, 9.17) is 4.42 Å². The van der Waals surface area contributed by atoms with Crippen LogP contribution in [0.2, 0.25) is 0 Å². The Morgan fingerprint density at radius 1 is 0.386 bits per heavy atom. The van der Waals surface area contributed by atoms with Crippen molar-refractivity contribution >= 4 is 70.5 Å². The van der Waals surface area contributed by atoms with Crippen molar-refractivity contribution in [3.05, 3.63) is 235 Å². The molecule has 10 aromatic carbocycles. The Hall–Kier alpha value is -7.98. The van der Waals surface area contributed by atoms with Crippen LogP contribution in [0, 0.1) is 0 Å². The molecule has 0 saturated carbocycles. The van der Waals surface area contributed by atoms with Gasteiger partial charge in [0.15, 0.2) is 0 Å². The number of hydrogen-bond acceptors (Lipinski definition) is 3. The summed E-state index contributed by atoms with van der Waals surface area (Å²) in [6, 6.07) is 80.9. The highest BCUT2D eigenvalue weighted by atomic mass is 32.1. The maximum absolute atomic E-state index is 6.19. The molecule has 0 unspecified atom stereocenters. The summed E-state index contributed by atoms with van der Waals surface area (Å²) in [5.41, 5.74) is 21.4. The van der Waals surface area contributed by atoms with E-state index in [-0.39, 0.29) is 10.8 Å². The monoisotopic (exact) mass is 917 g/mol. The van der Waals surface area contributed by atoms with Gasteiger partial charge in [-0.25, -0.2) is 0 Å². The van der Waals surface area contributed by atoms with Crippen molar-refractivity contribution in [2.75, 3.05) is 4.90 Å². The van der Waals surface area contributed by atoms with Crippen molar-refractivity contribution in [2.24, 2.45) is 0 Å². The lowest BCUT2D eigenvalue weighted by molar-refractivity contribution is 0.590. The van der Waals surface area contributed by atoms with E-state index in [1.807, 2.05) is 23.5 Å². The third-order valence-electron chi connectivity index (χ3n) is 14.9. The fraction of sp³-hybridized carbons (Fsp3) is 0.104. The Morgan fingerprint density at radius 2 is 0.943 bits per heavy atom. The van der Waals surface area contributed by atoms with Gasteiger partial charge in [-0.3, -0.25) is 0 Å². The van der Waals surface area contributed by atoms with E-state index in [0.717, 1.165) is 50.1 Å². The highest BCUT2D eigenvalue weighted by molar-refractivity contribution is 7.25. The number of furan rings is 1. The summed E-state index contributed by atoms with van der Waals surface area (Å²) in [5.74, 6) is 0. The minimum atomic E-state index is -0.143. The van der Waals surface area contributed by atoms with Crippen LogP contribution >= 0.6 is 11.3 Å². The van der Waals surface area contributed by atoms with Gasteiger partial charge in [0, 0.05) is 53.3 Å². The van der Waals surface area contributed by atoms with Crippen LogP contribution in [0.15, 0.2) is 223 Å². The van der Waals surface area contributed by atoms with E-state index in [0.29, 0.717) is 0 Å². The first-order chi connectivity index (χ1) is 34.0. The van der Waals surface area contributed by atoms with Crippen LogP contribution in [0.4, 0.5) is 17.1 Å². The maximum Gasteiger partial charge on any atom is 0.135 e. The third kappa shape index (κ3) is 6.98. The molecule has 0 spiro atoms. The second kappa shape index (κ2) is 16.1. The zero-order valence-corrected chi connectivity index (χ0v) is 40.9. The quantitative estimate of drug-likeness (QED) is 0.158. The smallest absolute Gasteiger partial charge is 0.135 e. The molecule has 0 bridgehead atoms. The molecule has 2 heterocycles. The minimum absolute atomic E-state index is 0.118. The number of anilines is 3. The Balaban J connectivity index is 0.899. The molecule has 336 valence electrons. The Kier molecular flexibility index (Phi) is 9.67. The summed E-state index contributed by atoms with van der Waals surface area (Å²) in [6.07, 6.45) is 0. The fourth-order valence-corrected chi connectivity index (χ4v) is 12.2. The van der Waals surface area contributed by atoms with E-state index < -0.39 is 0 Å². The molecule has 0 radical (unpaired) electrons. The van der Waals surface area contributed by atoms with Crippen molar-refractivity contribution in [3.63, 3.8) is 0 Å². The number of hydrogen-bond donors (Lipinski definition) is 0. The van der Waals surface area contributed by atoms with Crippen molar-refractivity contribution in [1.82, 2.24) is 0 Å². The van der Waals surface area contributed by atoms with Gasteiger partial charge >= 0.3 is 0 Å². The van der Waals surface area contributed by atoms with Crippen molar-refractivity contribution in [3.8, 4) is 55.6 Å². The zero-order valence-electron chi connectivity index (χ0n) is 40.0. The first-order valence-corrected chi connectivity index (χ1v) is 25.2. The molecule has 1 aliphatic carbocycles. The highest BCUT2D eigenvalue weighted by Gasteiger charge is 2.36. The lowest BCUT2D eigenvalue weighted by Crippen LogP contribution is -2.15. The SMILES string of the molecule is CC(C)(C)c1ccc(-c2ccc3c(c2)C(C)(C)c2ccc(-c4ccccc4N(c4ccc(-c5ccc6c(c5)sc5ccccc56)cc4)c4ccc(-c5ccc6oc7ccccc7c6c5)cc4)cc2-3)cc1. The third-order valence-corrected chi connectivity index (χ3v) is 16.0. The van der Waals surface area contributed by atoms with Crippen LogP contribution in [0.5, 0.6) is 0 Å². The first kappa shape index (κ1) is 42.1. The number of fused-ring (bicyclic) bond motifs is 9. The summed E-state index contributed by atoms with van der Waals surface area (Å²) < 4.78 is 8.82. The lowest BCUT2D eigenvalue weighted by atomic mass is 9.81. The highest BCUT2D eigenvalue weighted by Crippen LogP contribution is 2.52. The van der Waals surface area contributed by atoms with E-state index in [1.165, 1.54) is 81.4 Å². The first-order valence-electron chi connectivity index (χ1n) is 24.4. The normalized spacial score (nSPS) is 13.0. The topological polar surface area (TPSA) is 16.4 Å². The number of para-hydroxylation sites is 2. The van der Waals surface area contributed by atoms with Crippen LogP contribution in [0.3, 0.4) is 0 Å². The molecular weight excluding hydrogens is 867 g/mol. The van der Waals surface area contributed by atoms with Gasteiger partial charge in [0.2, 0.25) is 0 Å². The van der Waals surface area contributed by atoms with Crippen molar-refractivity contribution in [2.45, 2.75) is 45.4 Å². The Labute approximate surface area is 413 Å². The maximum atomic E-state index is 6.19. The second-order valence-corrected chi connectivity index (χ2v) is 21.6. The molecule has 0 atom stereocenters. The van der Waals surface area contributed by atoms with Crippen LogP contribution < -0.4 is 4.90 Å². The largest absolute Gasteiger partial charge is 0.456 e. The van der Waals surface area contributed by atoms with E-state index >= 15 is 0 Å². The molecule has 13 rings (SSSR count). The lowest BCUT2D eigenvalue weighted by Gasteiger charge is -2.28. The Bertz CT molecular complexity index is 3990. The predicted molar refractivity (Wildman–Crippen MR) is 299 cm³/mol. The molecule has 0 amide bonds. The molecule has 12 aromatic rings. The van der Waals surface area contributed by atoms with Crippen LogP contribution in [0.1, 0.15) is 51.3 Å². The van der Waals surface area contributed by atoms with E-state index in [2.05, 4.69) is 246 Å². The predicted octanol–water partition coefficient (Wildman–Crippen LogP) is 19.7. The molecule has 1 aliphatic rings. The van der Waals surface area contributed by atoms with Gasteiger partial charge in [0.05, 0.1) is 5.69 Å². The van der Waals surface area contributed by atoms with Gasteiger partial charge < -0.3 is 9.32 Å². The molecule has 0 N–H and O–H groups in total. The molecule has 0 saturated heterocycles. The van der Waals surface area contributed by atoms with E-state index in [9.17, 15) is 0 Å². The summed E-state index contributed by atoms with van der Waals surface area (Å²) in [5, 5.41) is 4.90. The van der Waals surface area contributed by atoms with Gasteiger partial charge in [0.25, 0.3) is 0 Å². The molecule has 3 heteroatoms. The van der Waals surface area contributed by atoms with Gasteiger partial charge in [-0.2, -0.15) is 0 Å². The van der Waals surface area contributed by atoms with Gasteiger partial charge in [0.1, 0.15) is 11.2 Å². The number of nitrogens with zero attached hydrogens (tertiary/aromatic N) is 1. The van der Waals surface area contributed by atoms with E-state index in [1.54, 1.807) is 0 Å². The summed E-state index contributed by atoms with van der Waals surface area (Å²) >= 11 is 1.86. The average Bonchev–Trinajstić information content (AvgIpc) is 4.03. The Morgan fingerprint density at radius 3 is 1.69 bits per heavy atom. The van der Waals surface area contributed by atoms with Crippen LogP contribution in [-0.2, 0) is 10.8 Å². The second-order valence-electron chi connectivity index (χ2n) is 20.5. The van der Waals surface area contributed by atoms with Gasteiger partial charge in [-0.15, -0.1) is 11.3 Å². The molecule has 2 aromatic heterocycles. The summed E-state index contributed by atoms with van der Waals surface area (Å²) in [7, 11) is 0. The molecule has 0 fully saturated rings. The summed E-state index contributed by atoms with van der Waals surface area (Å²) in [6.45, 7) is 11.6. The van der Waals surface area contributed by atoms with Crippen LogP contribution in [0.25, 0.3) is 97.7 Å². The molecule has 70 heavy (non-hydrogen) atoms. The molecular formula is C67H51NOS. The fourth-order valence-electron chi connectivity index (χ4n) is 11.0. The molecule has 2 nitrogen and oxygen atoms in total. The molecule has 0 aliphatic heterocycles. The van der Waals surface area contributed by atoms with Crippen molar-refractivity contribution < 1.29 is 4.42 Å². The number of benzene rings is 10. The number of rotatable bonds is 7.